The molecule has 1 aliphatic heterocycles. The molecule has 1 heterocycles. The second-order valence-electron chi connectivity index (χ2n) is 6.83. The van der Waals surface area contributed by atoms with E-state index in [0.29, 0.717) is 12.1 Å². The maximum absolute atomic E-state index is 6.08. The van der Waals surface area contributed by atoms with Crippen molar-refractivity contribution in [3.63, 3.8) is 0 Å². The van der Waals surface area contributed by atoms with Gasteiger partial charge >= 0.3 is 0 Å². The van der Waals surface area contributed by atoms with E-state index in [1.807, 2.05) is 0 Å². The number of nitrogens with zero attached hydrogens (tertiary/aromatic N) is 1. The number of ether oxygens (including phenoxy) is 1. The number of hydrogen-bond donors (Lipinski definition) is 1. The fraction of sp³-hybridized carbons (Fsp3) is 1.00. The van der Waals surface area contributed by atoms with Crippen LogP contribution in [0.4, 0.5) is 0 Å². The summed E-state index contributed by atoms with van der Waals surface area (Å²) in [4.78, 5) is 2.64. The van der Waals surface area contributed by atoms with Crippen LogP contribution in [0.3, 0.4) is 0 Å². The molecule has 0 amide bonds. The molecule has 1 saturated heterocycles. The van der Waals surface area contributed by atoms with Gasteiger partial charge in [-0.2, -0.15) is 0 Å². The Hall–Kier alpha value is -0.120. The Morgan fingerprint density at radius 3 is 2.63 bits per heavy atom. The van der Waals surface area contributed by atoms with Gasteiger partial charge in [0.1, 0.15) is 0 Å². The average Bonchev–Trinajstić information content (AvgIpc) is 3.27. The summed E-state index contributed by atoms with van der Waals surface area (Å²) in [5, 5.41) is 3.72. The van der Waals surface area contributed by atoms with E-state index in [2.05, 4.69) is 17.1 Å². The number of rotatable bonds is 5. The number of hydrogen-bond acceptors (Lipinski definition) is 3. The zero-order chi connectivity index (χ0) is 13.1. The monoisotopic (exact) mass is 266 g/mol. The molecule has 19 heavy (non-hydrogen) atoms. The van der Waals surface area contributed by atoms with E-state index in [9.17, 15) is 0 Å². The third kappa shape index (κ3) is 3.93. The minimum absolute atomic E-state index is 0.561. The highest BCUT2D eigenvalue weighted by molar-refractivity contribution is 4.93. The van der Waals surface area contributed by atoms with E-state index >= 15 is 0 Å². The van der Waals surface area contributed by atoms with E-state index in [1.54, 1.807) is 0 Å². The first kappa shape index (κ1) is 13.8. The van der Waals surface area contributed by atoms with Crippen molar-refractivity contribution in [1.29, 1.82) is 0 Å². The molecule has 0 bridgehead atoms. The van der Waals surface area contributed by atoms with Crippen LogP contribution in [0.5, 0.6) is 0 Å². The molecule has 0 spiro atoms. The fourth-order valence-electron chi connectivity index (χ4n) is 3.64. The summed E-state index contributed by atoms with van der Waals surface area (Å²) in [6.45, 7) is 6.80. The maximum atomic E-state index is 6.08. The predicted molar refractivity (Wildman–Crippen MR) is 78.4 cm³/mol. The smallest absolute Gasteiger partial charge is 0.0597 e. The zero-order valence-electron chi connectivity index (χ0n) is 12.4. The summed E-state index contributed by atoms with van der Waals surface area (Å²) in [6, 6.07) is 1.43. The molecule has 0 aromatic rings. The third-order valence-corrected chi connectivity index (χ3v) is 5.21. The van der Waals surface area contributed by atoms with Gasteiger partial charge in [-0.1, -0.05) is 19.3 Å². The Morgan fingerprint density at radius 1 is 1.11 bits per heavy atom. The fourth-order valence-corrected chi connectivity index (χ4v) is 3.64. The highest BCUT2D eigenvalue weighted by Gasteiger charge is 2.35. The molecule has 3 heteroatoms. The number of nitrogens with one attached hydrogen (secondary N) is 1. The molecule has 3 rings (SSSR count). The van der Waals surface area contributed by atoms with E-state index in [4.69, 9.17) is 4.74 Å². The van der Waals surface area contributed by atoms with Crippen LogP contribution in [0.15, 0.2) is 0 Å². The molecule has 1 N–H and O–H groups in total. The van der Waals surface area contributed by atoms with Crippen molar-refractivity contribution in [1.82, 2.24) is 10.2 Å². The van der Waals surface area contributed by atoms with Crippen molar-refractivity contribution >= 4 is 0 Å². The lowest BCUT2D eigenvalue weighted by atomic mass is 9.98. The molecular weight excluding hydrogens is 236 g/mol. The topological polar surface area (TPSA) is 24.5 Å². The first-order chi connectivity index (χ1) is 9.33. The second kappa shape index (κ2) is 6.55. The minimum atomic E-state index is 0.561. The molecule has 2 atom stereocenters. The van der Waals surface area contributed by atoms with Crippen molar-refractivity contribution in [3.8, 4) is 0 Å². The second-order valence-corrected chi connectivity index (χ2v) is 6.83. The molecule has 2 unspecified atom stereocenters. The van der Waals surface area contributed by atoms with Gasteiger partial charge in [0.05, 0.1) is 12.7 Å². The Labute approximate surface area is 118 Å². The van der Waals surface area contributed by atoms with Crippen LogP contribution in [0, 0.1) is 5.92 Å². The van der Waals surface area contributed by atoms with Gasteiger partial charge in [0, 0.05) is 31.7 Å². The summed E-state index contributed by atoms with van der Waals surface area (Å²) in [7, 11) is 0. The molecule has 110 valence electrons. The van der Waals surface area contributed by atoms with E-state index in [0.717, 1.165) is 31.7 Å². The third-order valence-electron chi connectivity index (χ3n) is 5.21. The van der Waals surface area contributed by atoms with Crippen LogP contribution >= 0.6 is 0 Å². The summed E-state index contributed by atoms with van der Waals surface area (Å²) >= 11 is 0. The normalized spacial score (nSPS) is 34.6. The van der Waals surface area contributed by atoms with Crippen LogP contribution < -0.4 is 5.32 Å². The van der Waals surface area contributed by atoms with E-state index in [-0.39, 0.29) is 0 Å². The van der Waals surface area contributed by atoms with Gasteiger partial charge in [-0.25, -0.2) is 0 Å². The van der Waals surface area contributed by atoms with Gasteiger partial charge in [0.2, 0.25) is 0 Å². The van der Waals surface area contributed by atoms with Gasteiger partial charge in [-0.05, 0) is 38.5 Å². The van der Waals surface area contributed by atoms with Crippen molar-refractivity contribution in [2.24, 2.45) is 5.92 Å². The SMILES string of the molecule is CC1CNC(C2CC2)CN1CCOC1CCCCC1. The predicted octanol–water partition coefficient (Wildman–Crippen LogP) is 2.41. The molecular formula is C16H30N2O. The summed E-state index contributed by atoms with van der Waals surface area (Å²) in [5.41, 5.74) is 0. The first-order valence-corrected chi connectivity index (χ1v) is 8.42. The van der Waals surface area contributed by atoms with Gasteiger partial charge in [0.25, 0.3) is 0 Å². The van der Waals surface area contributed by atoms with Gasteiger partial charge in [-0.3, -0.25) is 4.90 Å². The quantitative estimate of drug-likeness (QED) is 0.827. The van der Waals surface area contributed by atoms with E-state index < -0.39 is 0 Å². The van der Waals surface area contributed by atoms with Gasteiger partial charge in [-0.15, -0.1) is 0 Å². The van der Waals surface area contributed by atoms with E-state index in [1.165, 1.54) is 51.5 Å². The zero-order valence-corrected chi connectivity index (χ0v) is 12.4. The minimum Gasteiger partial charge on any atom is -0.377 e. The largest absolute Gasteiger partial charge is 0.377 e. The van der Waals surface area contributed by atoms with Crippen LogP contribution in [-0.4, -0.2) is 49.3 Å². The first-order valence-electron chi connectivity index (χ1n) is 8.42. The maximum Gasteiger partial charge on any atom is 0.0597 e. The summed E-state index contributed by atoms with van der Waals surface area (Å²) in [6.07, 6.45) is 10.2. The Morgan fingerprint density at radius 2 is 1.89 bits per heavy atom. The van der Waals surface area contributed by atoms with Crippen molar-refractivity contribution in [2.45, 2.75) is 70.1 Å². The Balaban J connectivity index is 1.37. The van der Waals surface area contributed by atoms with Crippen LogP contribution in [0.25, 0.3) is 0 Å². The molecule has 3 fully saturated rings. The van der Waals surface area contributed by atoms with Gasteiger partial charge in [0.15, 0.2) is 0 Å². The molecule has 0 aromatic carbocycles. The molecule has 0 radical (unpaired) electrons. The summed E-state index contributed by atoms with van der Waals surface area (Å²) in [5.74, 6) is 0.967. The van der Waals surface area contributed by atoms with Crippen molar-refractivity contribution in [3.05, 3.63) is 0 Å². The lowest BCUT2D eigenvalue weighted by molar-refractivity contribution is 0.00471. The van der Waals surface area contributed by atoms with Crippen LogP contribution in [0.2, 0.25) is 0 Å². The van der Waals surface area contributed by atoms with Crippen molar-refractivity contribution < 1.29 is 4.74 Å². The Bertz CT molecular complexity index is 274. The molecule has 2 aliphatic carbocycles. The standard InChI is InChI=1S/C16H30N2O/c1-13-11-17-16(14-7-8-14)12-18(13)9-10-19-15-5-3-2-4-6-15/h13-17H,2-12H2,1H3. The van der Waals surface area contributed by atoms with Crippen LogP contribution in [-0.2, 0) is 4.74 Å². The van der Waals surface area contributed by atoms with Gasteiger partial charge < -0.3 is 10.1 Å². The summed E-state index contributed by atoms with van der Waals surface area (Å²) < 4.78 is 6.08. The molecule has 3 aliphatic rings. The molecule has 0 aromatic heterocycles. The highest BCUT2D eigenvalue weighted by atomic mass is 16.5. The highest BCUT2D eigenvalue weighted by Crippen LogP contribution is 2.34. The Kier molecular flexibility index (Phi) is 4.78. The molecule has 2 saturated carbocycles. The molecule has 3 nitrogen and oxygen atoms in total. The van der Waals surface area contributed by atoms with Crippen LogP contribution in [0.1, 0.15) is 51.9 Å². The number of piperazine rings is 1. The lowest BCUT2D eigenvalue weighted by Crippen LogP contribution is -2.56. The van der Waals surface area contributed by atoms with Crippen molar-refractivity contribution in [2.75, 3.05) is 26.2 Å². The lowest BCUT2D eigenvalue weighted by Gasteiger charge is -2.39. The average molecular weight is 266 g/mol.